The third-order valence-corrected chi connectivity index (χ3v) is 34.6. The van der Waals surface area contributed by atoms with Gasteiger partial charge in [0.05, 0.1) is 44.2 Å². The number of amides is 8. The van der Waals surface area contributed by atoms with E-state index >= 15 is 0 Å². The van der Waals surface area contributed by atoms with E-state index in [1.807, 2.05) is 45.4 Å². The summed E-state index contributed by atoms with van der Waals surface area (Å²) in [6.07, 6.45) is 5.00. The number of likely N-dealkylation sites (N-methyl/N-ethyl adjacent to an activating group) is 1. The smallest absolute Gasteiger partial charge is 0.325 e. The van der Waals surface area contributed by atoms with Gasteiger partial charge in [-0.1, -0.05) is 92.7 Å². The molecule has 1 aromatic heterocycles. The van der Waals surface area contributed by atoms with Crippen molar-refractivity contribution >= 4 is 109 Å². The molecule has 17 N–H and O–H groups in total. The van der Waals surface area contributed by atoms with E-state index in [2.05, 4.69) is 131 Å². The molecule has 6 fully saturated rings. The maximum atomic E-state index is 14.9. The van der Waals surface area contributed by atoms with Crippen molar-refractivity contribution in [2.45, 2.75) is 226 Å². The third-order valence-electron chi connectivity index (χ3n) is 27.2. The van der Waals surface area contributed by atoms with Crippen LogP contribution in [0.25, 0.3) is 10.9 Å². The summed E-state index contributed by atoms with van der Waals surface area (Å²) in [5, 5.41) is 79.1. The number of carbonyl (C=O) groups excluding carboxylic acids is 9. The highest BCUT2D eigenvalue weighted by molar-refractivity contribution is 6.92. The molecule has 123 heavy (non-hydrogen) atoms. The standard InChI is InChI=1S/C88H119N15O18Si2/c1-10-85(118)43-53-42-84(3,74-57(30-36-101(47-53)50-85)56-16-12-13-17-60(56)98-74)59-38-58-65(41-68(59)120-5)100(4)81-87(58)33-37-102-35-15-31-86(11-2,80(87)102)82(117)88(81,119)32-29-67(104)54-23-25-55(26-24-54)123(8,9)121-122(6,7)49-64(79(115)116)97-70(106)28-27-69(105)92-44-51-19-21-52(22-20-51)48-103-66-45-93-76(112)62(40-73(109)110)96-72(108)46-94-75(111)61(18-14-34-91-83(89)90)95-71(107)39-63(78(103)114)99-77(66)113/h12-13,15-17,19-26,31,38,41,53,61-64,66,80-82,98,117-119H,10-11,14,18,27-30,32-37,39-40,42-50H2,1-9H3,(H,92,105)(H,93,112)(H,94,111)(H,95,107)(H,96,108)(H,97,106)(H,99,113)(H,109,110)(H,115,116)(H4,89,90,91)/t53?,61-,62-,63+,64?,66-,80+,81+,82+,84+,85-,86+,87+,88-/m0/s1. The van der Waals surface area contributed by atoms with Crippen LogP contribution in [0.5, 0.6) is 5.75 Å². The van der Waals surface area contributed by atoms with Gasteiger partial charge in [-0.15, -0.1) is 0 Å². The Morgan fingerprint density at radius 1 is 0.797 bits per heavy atom. The number of ether oxygens (including phenoxy) is 1. The molecule has 5 saturated heterocycles. The first kappa shape index (κ1) is 90.3. The summed E-state index contributed by atoms with van der Waals surface area (Å²) in [5.74, 6) is -8.63. The zero-order valence-electron chi connectivity index (χ0n) is 71.5. The third kappa shape index (κ3) is 18.4. The number of hydrogen-bond acceptors (Lipinski definition) is 20. The van der Waals surface area contributed by atoms with E-state index < -0.39 is 172 Å². The zero-order chi connectivity index (χ0) is 88.6. The van der Waals surface area contributed by atoms with Crippen LogP contribution in [0.15, 0.2) is 102 Å². The van der Waals surface area contributed by atoms with Crippen molar-refractivity contribution in [1.29, 1.82) is 0 Å². The molecular formula is C88H119N15O18Si2. The fraction of sp³-hybridized carbons (Fsp3) is 0.545. The molecule has 15 atom stereocenters. The minimum absolute atomic E-state index is 0.0183. The number of fused-ring (bicyclic) bond motifs is 20. The summed E-state index contributed by atoms with van der Waals surface area (Å²) < 4.78 is 13.5. The van der Waals surface area contributed by atoms with Gasteiger partial charge in [0.1, 0.15) is 41.6 Å². The van der Waals surface area contributed by atoms with Crippen molar-refractivity contribution in [3.05, 3.63) is 136 Å². The fourth-order valence-corrected chi connectivity index (χ4v) is 30.2. The number of para-hydroxylation sites is 1. The molecule has 9 heterocycles. The van der Waals surface area contributed by atoms with E-state index in [1.165, 1.54) is 10.9 Å². The molecule has 5 aromatic rings. The lowest BCUT2D eigenvalue weighted by Crippen LogP contribution is -2.78. The topological polar surface area (TPSA) is 485 Å². The summed E-state index contributed by atoms with van der Waals surface area (Å²) in [7, 11) is -2.11. The lowest BCUT2D eigenvalue weighted by atomic mass is 9.47. The van der Waals surface area contributed by atoms with E-state index in [0.717, 1.165) is 76.3 Å². The van der Waals surface area contributed by atoms with Crippen molar-refractivity contribution < 1.29 is 87.1 Å². The van der Waals surface area contributed by atoms with E-state index in [4.69, 9.17) is 20.3 Å². The number of rotatable bonds is 28. The average molecular weight is 1730 g/mol. The number of anilines is 1. The van der Waals surface area contributed by atoms with Crippen LogP contribution in [0, 0.1) is 11.3 Å². The van der Waals surface area contributed by atoms with Crippen molar-refractivity contribution in [1.82, 2.24) is 56.9 Å². The SMILES string of the molecule is CC[C@]1(O)CC2CN(CCc3c([nH]c4ccccc34)[C@@](C)(c3cc4c(cc3OC)N(C)[C@H]3[C@@](O)(CCC(=O)c5ccc([Si](C)(C)O[Si](C)(C)CC(NC(=O)CCC(=O)NCc6ccc(CN7C(=O)[C@H]8CC(=O)N[C@@H](CCCN=C(N)N)C(=O)NCC(=O)N[C@@H](CC(=O)O)C(=O)NC[C@H]7C(=O)N8)cc6)C(=O)O)cc5)[C@H](O)[C@]5(CC)C=CCN6CC[C@]43[C@H]65)C2)C1. The number of methoxy groups -OCH3 is 1. The second kappa shape index (κ2) is 36.0. The van der Waals surface area contributed by atoms with Gasteiger partial charge in [-0.05, 0) is 149 Å². The summed E-state index contributed by atoms with van der Waals surface area (Å²) >= 11 is 0. The largest absolute Gasteiger partial charge is 0.496 e. The van der Waals surface area contributed by atoms with E-state index in [-0.39, 0.29) is 87.9 Å². The number of carboxylic acid groups (broad SMARTS) is 2. The van der Waals surface area contributed by atoms with Crippen LogP contribution < -0.4 is 63.5 Å². The first-order chi connectivity index (χ1) is 58.3. The number of benzene rings is 4. The average Bonchev–Trinajstić information content (AvgIpc) is 1.49. The van der Waals surface area contributed by atoms with Crippen LogP contribution in [0.3, 0.4) is 0 Å². The molecule has 4 bridgehead atoms. The summed E-state index contributed by atoms with van der Waals surface area (Å²) in [5.41, 5.74) is 14.0. The zero-order valence-corrected chi connectivity index (χ0v) is 73.5. The van der Waals surface area contributed by atoms with E-state index in [9.17, 15) is 78.3 Å². The first-order valence-corrected chi connectivity index (χ1v) is 48.9. The number of aromatic nitrogens is 1. The van der Waals surface area contributed by atoms with Crippen LogP contribution in [-0.2, 0) is 82.4 Å². The van der Waals surface area contributed by atoms with Crippen LogP contribution in [0.1, 0.15) is 148 Å². The number of hydrogen-bond donors (Lipinski definition) is 15. The quantitative estimate of drug-likeness (QED) is 0.00650. The van der Waals surface area contributed by atoms with Crippen LogP contribution >= 0.6 is 0 Å². The van der Waals surface area contributed by atoms with Gasteiger partial charge in [-0.3, -0.25) is 67.5 Å². The second-order valence-corrected chi connectivity index (χ2v) is 44.7. The van der Waals surface area contributed by atoms with Gasteiger partial charge in [0.25, 0.3) is 0 Å². The van der Waals surface area contributed by atoms with Crippen LogP contribution in [0.2, 0.25) is 32.2 Å². The molecule has 8 amide bonds. The van der Waals surface area contributed by atoms with Crippen molar-refractivity contribution in [3.63, 3.8) is 0 Å². The maximum absolute atomic E-state index is 14.9. The minimum atomic E-state index is -2.96. The Hall–Kier alpha value is -10.4. The monoisotopic (exact) mass is 1730 g/mol. The number of guanidine groups is 1. The van der Waals surface area contributed by atoms with Gasteiger partial charge in [0.15, 0.2) is 20.1 Å². The molecule has 14 rings (SSSR count). The number of aliphatic imine (C=N–C) groups is 1. The molecule has 3 unspecified atom stereocenters. The minimum Gasteiger partial charge on any atom is -0.496 e. The number of piperazine rings is 1. The highest BCUT2D eigenvalue weighted by Gasteiger charge is 2.76. The number of H-pyrrole nitrogens is 1. The number of nitrogens with two attached hydrogens (primary N) is 2. The van der Waals surface area contributed by atoms with Gasteiger partial charge < -0.3 is 97.9 Å². The van der Waals surface area contributed by atoms with Gasteiger partial charge >= 0.3 is 11.9 Å². The predicted octanol–water partition coefficient (Wildman–Crippen LogP) is 2.39. The van der Waals surface area contributed by atoms with Crippen LogP contribution in [0.4, 0.5) is 5.69 Å². The number of aliphatic hydroxyl groups is 3. The molecule has 0 radical (unpaired) electrons. The highest BCUT2D eigenvalue weighted by atomic mass is 28.4. The van der Waals surface area contributed by atoms with E-state index in [0.29, 0.717) is 55.5 Å². The lowest BCUT2D eigenvalue weighted by molar-refractivity contribution is -0.201. The maximum Gasteiger partial charge on any atom is 0.325 e. The molecule has 35 heteroatoms. The Bertz CT molecular complexity index is 4980. The Balaban J connectivity index is 0.634. The number of Topliss-reactive ketones (excluding diaryl/α,β-unsaturated/α-hetero) is 1. The highest BCUT2D eigenvalue weighted by Crippen LogP contribution is 2.68. The van der Waals surface area contributed by atoms with Gasteiger partial charge in [-0.25, -0.2) is 0 Å². The van der Waals surface area contributed by atoms with Crippen molar-refractivity contribution in [2.24, 2.45) is 27.8 Å². The summed E-state index contributed by atoms with van der Waals surface area (Å²) in [6, 6.07) is 18.8. The number of nitrogens with one attached hydrogen (secondary N) is 8. The normalized spacial score (nSPS) is 28.7. The fourth-order valence-electron chi connectivity index (χ4n) is 21.6. The predicted molar refractivity (Wildman–Crippen MR) is 463 cm³/mol. The van der Waals surface area contributed by atoms with E-state index in [1.54, 1.807) is 43.5 Å². The number of aromatic amines is 1. The first-order valence-electron chi connectivity index (χ1n) is 42.8. The lowest BCUT2D eigenvalue weighted by Gasteiger charge is -2.64. The van der Waals surface area contributed by atoms with Gasteiger partial charge in [0, 0.05) is 140 Å². The Morgan fingerprint density at radius 2 is 1.50 bits per heavy atom. The number of aliphatic hydroxyl groups excluding tert-OH is 1. The molecular weight excluding hydrogens is 1610 g/mol. The van der Waals surface area contributed by atoms with Crippen molar-refractivity contribution in [3.8, 4) is 5.75 Å². The molecule has 33 nitrogen and oxygen atoms in total. The summed E-state index contributed by atoms with van der Waals surface area (Å²) in [4.78, 5) is 164. The molecule has 9 aliphatic rings. The molecule has 662 valence electrons. The molecule has 4 aromatic carbocycles. The number of carbonyl (C=O) groups is 11. The number of aliphatic carboxylic acids is 2. The molecule has 8 aliphatic heterocycles. The number of carboxylic acids is 2. The molecule has 1 aliphatic carbocycles. The Labute approximate surface area is 717 Å². The second-order valence-electron chi connectivity index (χ2n) is 36.4. The molecule has 1 saturated carbocycles. The van der Waals surface area contributed by atoms with Crippen molar-refractivity contribution in [2.75, 3.05) is 71.4 Å². The molecule has 1 spiro atoms. The Morgan fingerprint density at radius 3 is 2.20 bits per heavy atom. The summed E-state index contributed by atoms with van der Waals surface area (Å²) in [6.45, 7) is 16.5. The number of nitrogens with zero attached hydrogens (tertiary/aromatic N) is 5. The number of piperidine rings is 1. The Kier molecular flexibility index (Phi) is 26.5. The number of ketones is 1. The van der Waals surface area contributed by atoms with Gasteiger partial charge in [0.2, 0.25) is 55.6 Å². The van der Waals surface area contributed by atoms with Gasteiger partial charge in [-0.2, -0.15) is 0 Å². The van der Waals surface area contributed by atoms with Crippen LogP contribution in [-0.4, -0.2) is 259 Å².